The maximum atomic E-state index is 14.9. The van der Waals surface area contributed by atoms with Crippen molar-refractivity contribution in [2.45, 2.75) is 70.8 Å². The van der Waals surface area contributed by atoms with Crippen molar-refractivity contribution < 1.29 is 13.6 Å². The third kappa shape index (κ3) is 6.37. The second-order valence-corrected chi connectivity index (χ2v) is 10.9. The van der Waals surface area contributed by atoms with Gasteiger partial charge in [-0.05, 0) is 89.8 Å². The van der Waals surface area contributed by atoms with Gasteiger partial charge >= 0.3 is 0 Å². The van der Waals surface area contributed by atoms with Crippen molar-refractivity contribution in [3.63, 3.8) is 0 Å². The normalized spacial score (nSPS) is 17.3. The average Bonchev–Trinajstić information content (AvgIpc) is 2.91. The van der Waals surface area contributed by atoms with Gasteiger partial charge in [-0.25, -0.2) is 4.39 Å². The molecule has 1 aliphatic carbocycles. The van der Waals surface area contributed by atoms with E-state index in [-0.39, 0.29) is 18.3 Å². The monoisotopic (exact) mass is 538 g/mol. The summed E-state index contributed by atoms with van der Waals surface area (Å²) < 4.78 is 27.9. The lowest BCUT2D eigenvalue weighted by Gasteiger charge is -2.38. The van der Waals surface area contributed by atoms with Gasteiger partial charge in [0.05, 0.1) is 18.3 Å². The Hall–Kier alpha value is -2.92. The standard InChI is InChI=1S/C32H37ClF2N2O/c1-3-23-20-37(21(2)16-28(23)29-19-26(33)13-11-24(29)10-7-15-34)31(17-22-8-5-4-6-9-22)25-12-14-27(32(36)38)30(35)18-25/h11-14,16,18-20,22,31H,2-10,15,17H2,1H3,(H2,36,38). The molecule has 2 N–H and O–H groups in total. The summed E-state index contributed by atoms with van der Waals surface area (Å²) >= 11 is 6.39. The number of nitrogens with zero attached hydrogens (tertiary/aromatic N) is 1. The fraction of sp³-hybridized carbons (Fsp3) is 0.406. The van der Waals surface area contributed by atoms with E-state index in [1.165, 1.54) is 31.4 Å². The zero-order chi connectivity index (χ0) is 27.2. The Balaban J connectivity index is 1.73. The molecule has 2 aliphatic rings. The molecule has 0 spiro atoms. The first-order valence-corrected chi connectivity index (χ1v) is 14.0. The van der Waals surface area contributed by atoms with Gasteiger partial charge < -0.3 is 10.6 Å². The predicted molar refractivity (Wildman–Crippen MR) is 152 cm³/mol. The number of nitrogens with two attached hydrogens (primary N) is 1. The number of primary amides is 1. The van der Waals surface area contributed by atoms with E-state index in [4.69, 9.17) is 17.3 Å². The van der Waals surface area contributed by atoms with Crippen LogP contribution in [0, 0.1) is 11.7 Å². The molecular formula is C32H37ClF2N2O. The number of carbonyl (C=O) groups excluding carboxylic acids is 1. The number of benzene rings is 2. The van der Waals surface area contributed by atoms with Gasteiger partial charge in [0.2, 0.25) is 0 Å². The number of amides is 1. The van der Waals surface area contributed by atoms with E-state index in [9.17, 15) is 13.6 Å². The number of alkyl halides is 1. The highest BCUT2D eigenvalue weighted by Gasteiger charge is 2.29. The Labute approximate surface area is 230 Å². The van der Waals surface area contributed by atoms with Crippen LogP contribution in [0.3, 0.4) is 0 Å². The molecule has 2 aromatic rings. The van der Waals surface area contributed by atoms with E-state index in [1.807, 2.05) is 24.3 Å². The van der Waals surface area contributed by atoms with Crippen molar-refractivity contribution in [1.82, 2.24) is 4.90 Å². The minimum absolute atomic E-state index is 0.101. The molecule has 2 aromatic carbocycles. The molecule has 1 amide bonds. The molecule has 1 fully saturated rings. The summed E-state index contributed by atoms with van der Waals surface area (Å²) in [6, 6.07) is 10.4. The molecule has 3 nitrogen and oxygen atoms in total. The Kier molecular flexibility index (Phi) is 9.43. The van der Waals surface area contributed by atoms with Gasteiger partial charge in [-0.1, -0.05) is 69.3 Å². The summed E-state index contributed by atoms with van der Waals surface area (Å²) in [5.41, 5.74) is 11.1. The van der Waals surface area contributed by atoms with Gasteiger partial charge in [0, 0.05) is 16.9 Å². The largest absolute Gasteiger partial charge is 0.366 e. The van der Waals surface area contributed by atoms with Crippen LogP contribution >= 0.6 is 11.6 Å². The molecule has 1 aliphatic heterocycles. The minimum atomic E-state index is -0.772. The van der Waals surface area contributed by atoms with Crippen LogP contribution < -0.4 is 5.73 Å². The second-order valence-electron chi connectivity index (χ2n) is 10.4. The quantitative estimate of drug-likeness (QED) is 0.329. The van der Waals surface area contributed by atoms with Gasteiger partial charge in [-0.3, -0.25) is 9.18 Å². The van der Waals surface area contributed by atoms with Gasteiger partial charge in [0.15, 0.2) is 0 Å². The molecule has 1 saturated carbocycles. The van der Waals surface area contributed by atoms with E-state index >= 15 is 0 Å². The van der Waals surface area contributed by atoms with Crippen LogP contribution in [0.4, 0.5) is 8.78 Å². The summed E-state index contributed by atoms with van der Waals surface area (Å²) in [5.74, 6) is -0.839. The first-order chi connectivity index (χ1) is 18.3. The van der Waals surface area contributed by atoms with E-state index in [0.29, 0.717) is 23.8 Å². The maximum Gasteiger partial charge on any atom is 0.251 e. The van der Waals surface area contributed by atoms with E-state index in [2.05, 4.69) is 30.7 Å². The van der Waals surface area contributed by atoms with Crippen LogP contribution in [0.2, 0.25) is 5.02 Å². The van der Waals surface area contributed by atoms with Gasteiger partial charge in [0.1, 0.15) is 5.82 Å². The molecule has 6 heteroatoms. The fourth-order valence-electron chi connectivity index (χ4n) is 5.84. The van der Waals surface area contributed by atoms with Crippen molar-refractivity contribution in [1.29, 1.82) is 0 Å². The van der Waals surface area contributed by atoms with Crippen molar-refractivity contribution in [3.05, 3.63) is 99.6 Å². The third-order valence-corrected chi connectivity index (χ3v) is 8.10. The highest BCUT2D eigenvalue weighted by atomic mass is 35.5. The van der Waals surface area contributed by atoms with Crippen molar-refractivity contribution in [2.75, 3.05) is 6.67 Å². The lowest BCUT2D eigenvalue weighted by molar-refractivity contribution is 0.0996. The smallest absolute Gasteiger partial charge is 0.251 e. The summed E-state index contributed by atoms with van der Waals surface area (Å²) in [4.78, 5) is 13.8. The molecular weight excluding hydrogens is 502 g/mol. The SMILES string of the molecule is C=C1C=C(c2cc(Cl)ccc2CCCF)C(CC)=CN1C(CC1CCCCC1)c1ccc(C(N)=O)c(F)c1. The van der Waals surface area contributed by atoms with Crippen LogP contribution in [-0.4, -0.2) is 17.5 Å². The Morgan fingerprint density at radius 1 is 1.18 bits per heavy atom. The van der Waals surface area contributed by atoms with Crippen LogP contribution in [0.25, 0.3) is 5.57 Å². The molecule has 0 bridgehead atoms. The molecule has 202 valence electrons. The van der Waals surface area contributed by atoms with E-state index < -0.39 is 11.7 Å². The van der Waals surface area contributed by atoms with Crippen LogP contribution in [0.15, 0.2) is 66.5 Å². The Bertz CT molecular complexity index is 1250. The first kappa shape index (κ1) is 28.1. The van der Waals surface area contributed by atoms with Gasteiger partial charge in [-0.15, -0.1) is 0 Å². The van der Waals surface area contributed by atoms with E-state index in [1.54, 1.807) is 0 Å². The van der Waals surface area contributed by atoms with Gasteiger partial charge in [-0.2, -0.15) is 0 Å². The highest BCUT2D eigenvalue weighted by Crippen LogP contribution is 2.42. The zero-order valence-electron chi connectivity index (χ0n) is 22.1. The lowest BCUT2D eigenvalue weighted by atomic mass is 9.82. The number of hydrogen-bond donors (Lipinski definition) is 1. The number of carbonyl (C=O) groups is 1. The summed E-state index contributed by atoms with van der Waals surface area (Å²) in [5, 5.41) is 0.633. The van der Waals surface area contributed by atoms with Crippen LogP contribution in [-0.2, 0) is 6.42 Å². The predicted octanol–water partition coefficient (Wildman–Crippen LogP) is 8.70. The highest BCUT2D eigenvalue weighted by molar-refractivity contribution is 6.30. The lowest BCUT2D eigenvalue weighted by Crippen LogP contribution is -2.28. The van der Waals surface area contributed by atoms with Crippen molar-refractivity contribution >= 4 is 23.1 Å². The molecule has 0 radical (unpaired) electrons. The molecule has 1 heterocycles. The average molecular weight is 539 g/mol. The molecule has 1 atom stereocenters. The van der Waals surface area contributed by atoms with Crippen LogP contribution in [0.1, 0.15) is 91.4 Å². The topological polar surface area (TPSA) is 46.3 Å². The minimum Gasteiger partial charge on any atom is -0.366 e. The fourth-order valence-corrected chi connectivity index (χ4v) is 6.01. The summed E-state index contributed by atoms with van der Waals surface area (Å²) in [6.45, 7) is 6.14. The second kappa shape index (κ2) is 12.8. The number of hydrogen-bond acceptors (Lipinski definition) is 2. The van der Waals surface area contributed by atoms with E-state index in [0.717, 1.165) is 59.2 Å². The molecule has 1 unspecified atom stereocenters. The maximum absolute atomic E-state index is 14.9. The summed E-state index contributed by atoms with van der Waals surface area (Å²) in [7, 11) is 0. The number of rotatable bonds is 10. The number of allylic oxidation sites excluding steroid dienone is 3. The summed E-state index contributed by atoms with van der Waals surface area (Å²) in [6.07, 6.45) is 12.9. The Morgan fingerprint density at radius 3 is 2.61 bits per heavy atom. The van der Waals surface area contributed by atoms with Crippen molar-refractivity contribution in [3.8, 4) is 0 Å². The molecule has 0 saturated heterocycles. The molecule has 38 heavy (non-hydrogen) atoms. The Morgan fingerprint density at radius 2 is 1.95 bits per heavy atom. The van der Waals surface area contributed by atoms with Crippen LogP contribution in [0.5, 0.6) is 0 Å². The number of halogens is 3. The third-order valence-electron chi connectivity index (χ3n) is 7.87. The molecule has 4 rings (SSSR count). The van der Waals surface area contributed by atoms with Crippen molar-refractivity contribution in [2.24, 2.45) is 11.7 Å². The zero-order valence-corrected chi connectivity index (χ0v) is 22.9. The number of aryl methyl sites for hydroxylation is 1. The van der Waals surface area contributed by atoms with Gasteiger partial charge in [0.25, 0.3) is 5.91 Å². The first-order valence-electron chi connectivity index (χ1n) is 13.7. The molecule has 0 aromatic heterocycles.